The summed E-state index contributed by atoms with van der Waals surface area (Å²) < 4.78 is 19.5. The van der Waals surface area contributed by atoms with Crippen molar-refractivity contribution in [2.24, 2.45) is 5.92 Å². The van der Waals surface area contributed by atoms with Gasteiger partial charge in [0.1, 0.15) is 11.6 Å². The Balaban J connectivity index is 1.63. The molecule has 7 nitrogen and oxygen atoms in total. The van der Waals surface area contributed by atoms with Crippen LogP contribution < -0.4 is 15.8 Å². The molecule has 3 N–H and O–H groups in total. The maximum absolute atomic E-state index is 13.9. The van der Waals surface area contributed by atoms with Gasteiger partial charge in [0.05, 0.1) is 0 Å². The number of urea groups is 1. The summed E-state index contributed by atoms with van der Waals surface area (Å²) in [5, 5.41) is 2.80. The third-order valence-electron chi connectivity index (χ3n) is 4.58. The molecule has 0 spiro atoms. The Hall–Kier alpha value is -2.87. The van der Waals surface area contributed by atoms with Crippen LogP contribution in [0.25, 0.3) is 0 Å². The van der Waals surface area contributed by atoms with Gasteiger partial charge in [0.2, 0.25) is 0 Å². The Labute approximate surface area is 164 Å². The second kappa shape index (κ2) is 8.88. The first-order valence-electron chi connectivity index (χ1n) is 9.30. The molecule has 0 unspecified atom stereocenters. The van der Waals surface area contributed by atoms with E-state index in [1.807, 2.05) is 19.0 Å². The highest BCUT2D eigenvalue weighted by Gasteiger charge is 2.24. The molecule has 0 aliphatic carbocycles. The third-order valence-corrected chi connectivity index (χ3v) is 4.58. The van der Waals surface area contributed by atoms with Crippen LogP contribution in [-0.4, -0.2) is 54.5 Å². The number of nitrogens with two attached hydrogens (primary N) is 1. The molecule has 0 radical (unpaired) electrons. The fraction of sp³-hybridized carbons (Fsp3) is 0.400. The van der Waals surface area contributed by atoms with Gasteiger partial charge in [-0.3, -0.25) is 5.32 Å². The summed E-state index contributed by atoms with van der Waals surface area (Å²) in [6.07, 6.45) is 3.61. The van der Waals surface area contributed by atoms with Crippen molar-refractivity contribution in [3.63, 3.8) is 0 Å². The molecule has 150 valence electrons. The Morgan fingerprint density at radius 3 is 2.96 bits per heavy atom. The van der Waals surface area contributed by atoms with Gasteiger partial charge in [0.15, 0.2) is 11.6 Å². The first-order valence-corrected chi connectivity index (χ1v) is 9.30. The first-order chi connectivity index (χ1) is 13.4. The van der Waals surface area contributed by atoms with Crippen LogP contribution in [0.2, 0.25) is 0 Å². The van der Waals surface area contributed by atoms with E-state index in [0.29, 0.717) is 23.2 Å². The second-order valence-electron chi connectivity index (χ2n) is 7.32. The summed E-state index contributed by atoms with van der Waals surface area (Å²) in [5.41, 5.74) is 5.87. The number of likely N-dealkylation sites (tertiary alicyclic amines) is 1. The molecule has 0 bridgehead atoms. The molecule has 1 aromatic carbocycles. The van der Waals surface area contributed by atoms with E-state index in [4.69, 9.17) is 10.5 Å². The second-order valence-corrected chi connectivity index (χ2v) is 7.32. The van der Waals surface area contributed by atoms with E-state index in [2.05, 4.69) is 15.2 Å². The van der Waals surface area contributed by atoms with Gasteiger partial charge in [-0.25, -0.2) is 14.2 Å². The molecular weight excluding hydrogens is 361 g/mol. The number of amides is 2. The van der Waals surface area contributed by atoms with Crippen molar-refractivity contribution in [2.45, 2.75) is 12.8 Å². The van der Waals surface area contributed by atoms with Crippen LogP contribution in [0.1, 0.15) is 12.8 Å². The van der Waals surface area contributed by atoms with Crippen LogP contribution >= 0.6 is 0 Å². The highest BCUT2D eigenvalue weighted by molar-refractivity contribution is 5.88. The van der Waals surface area contributed by atoms with Crippen molar-refractivity contribution in [3.8, 4) is 11.5 Å². The zero-order chi connectivity index (χ0) is 20.1. The number of aromatic nitrogens is 1. The lowest BCUT2D eigenvalue weighted by molar-refractivity contribution is 0.162. The zero-order valence-electron chi connectivity index (χ0n) is 16.2. The zero-order valence-corrected chi connectivity index (χ0v) is 16.2. The molecule has 8 heteroatoms. The lowest BCUT2D eigenvalue weighted by atomic mass is 9.98. The smallest absolute Gasteiger partial charge is 0.323 e. The molecule has 3 rings (SSSR count). The first kappa shape index (κ1) is 19.9. The minimum absolute atomic E-state index is 0.0558. The highest BCUT2D eigenvalue weighted by atomic mass is 19.1. The number of rotatable bonds is 5. The maximum Gasteiger partial charge on any atom is 0.323 e. The summed E-state index contributed by atoms with van der Waals surface area (Å²) in [6, 6.07) is 7.19. The number of hydrogen-bond acceptors (Lipinski definition) is 5. The monoisotopic (exact) mass is 387 g/mol. The van der Waals surface area contributed by atoms with E-state index in [9.17, 15) is 9.18 Å². The Bertz CT molecular complexity index is 830. The summed E-state index contributed by atoms with van der Waals surface area (Å²) in [5.74, 6) is 0.694. The van der Waals surface area contributed by atoms with E-state index in [1.165, 1.54) is 18.3 Å². The van der Waals surface area contributed by atoms with Crippen molar-refractivity contribution in [2.75, 3.05) is 44.8 Å². The largest absolute Gasteiger partial charge is 0.454 e. The average molecular weight is 387 g/mol. The summed E-state index contributed by atoms with van der Waals surface area (Å²) in [4.78, 5) is 20.7. The molecule has 1 fully saturated rings. The standard InChI is InChI=1S/C20H26FN5O2/c1-25(2)12-14-4-3-9-26(13-14)20(27)24-19-11-16(7-8-23-19)28-18-6-5-15(22)10-17(18)21/h5-8,10-11,14H,3-4,9,12-13,22H2,1-2H3,(H,23,24,27)/t14-/m0/s1. The predicted octanol–water partition coefficient (Wildman–Crippen LogP) is 3.40. The van der Waals surface area contributed by atoms with Crippen molar-refractivity contribution in [3.05, 3.63) is 42.3 Å². The number of nitrogens with zero attached hydrogens (tertiary/aromatic N) is 3. The lowest BCUT2D eigenvalue weighted by Gasteiger charge is -2.33. The van der Waals surface area contributed by atoms with Crippen molar-refractivity contribution < 1.29 is 13.9 Å². The van der Waals surface area contributed by atoms with Crippen molar-refractivity contribution >= 4 is 17.5 Å². The fourth-order valence-corrected chi connectivity index (χ4v) is 3.37. The number of anilines is 2. The minimum Gasteiger partial charge on any atom is -0.454 e. The molecule has 1 aliphatic heterocycles. The number of carbonyl (C=O) groups is 1. The number of nitrogens with one attached hydrogen (secondary N) is 1. The number of halogens is 1. The fourth-order valence-electron chi connectivity index (χ4n) is 3.37. The molecule has 1 aromatic heterocycles. The van der Waals surface area contributed by atoms with Gasteiger partial charge in [-0.2, -0.15) is 0 Å². The van der Waals surface area contributed by atoms with Crippen LogP contribution in [0, 0.1) is 11.7 Å². The van der Waals surface area contributed by atoms with Gasteiger partial charge in [0.25, 0.3) is 0 Å². The topological polar surface area (TPSA) is 83.7 Å². The van der Waals surface area contributed by atoms with Gasteiger partial charge < -0.3 is 20.3 Å². The number of piperidine rings is 1. The Morgan fingerprint density at radius 2 is 2.21 bits per heavy atom. The van der Waals surface area contributed by atoms with Crippen molar-refractivity contribution in [1.29, 1.82) is 0 Å². The van der Waals surface area contributed by atoms with Gasteiger partial charge in [0, 0.05) is 43.7 Å². The van der Waals surface area contributed by atoms with E-state index in [1.54, 1.807) is 18.2 Å². The summed E-state index contributed by atoms with van der Waals surface area (Å²) >= 11 is 0. The summed E-state index contributed by atoms with van der Waals surface area (Å²) in [6.45, 7) is 2.40. The highest BCUT2D eigenvalue weighted by Crippen LogP contribution is 2.27. The SMILES string of the molecule is CN(C)C[C@@H]1CCCN(C(=O)Nc2cc(Oc3ccc(N)cc3F)ccn2)C1. The molecule has 2 heterocycles. The third kappa shape index (κ3) is 5.32. The number of pyridine rings is 1. The quantitative estimate of drug-likeness (QED) is 0.768. The Morgan fingerprint density at radius 1 is 1.39 bits per heavy atom. The number of carbonyl (C=O) groups excluding carboxylic acids is 1. The molecule has 1 saturated heterocycles. The van der Waals surface area contributed by atoms with Crippen LogP contribution in [0.3, 0.4) is 0 Å². The van der Waals surface area contributed by atoms with Gasteiger partial charge >= 0.3 is 6.03 Å². The van der Waals surface area contributed by atoms with E-state index in [0.717, 1.165) is 32.5 Å². The number of nitrogen functional groups attached to an aromatic ring is 1. The minimum atomic E-state index is -0.553. The van der Waals surface area contributed by atoms with E-state index in [-0.39, 0.29) is 11.8 Å². The number of ether oxygens (including phenoxy) is 1. The normalized spacial score (nSPS) is 16.9. The molecule has 0 saturated carbocycles. The molecular formula is C20H26FN5O2. The summed E-state index contributed by atoms with van der Waals surface area (Å²) in [7, 11) is 4.08. The molecule has 2 amide bonds. The lowest BCUT2D eigenvalue weighted by Crippen LogP contribution is -2.44. The molecule has 1 atom stereocenters. The van der Waals surface area contributed by atoms with Gasteiger partial charge in [-0.1, -0.05) is 0 Å². The van der Waals surface area contributed by atoms with Gasteiger partial charge in [-0.15, -0.1) is 0 Å². The predicted molar refractivity (Wildman–Crippen MR) is 107 cm³/mol. The average Bonchev–Trinajstić information content (AvgIpc) is 2.64. The molecule has 1 aliphatic rings. The van der Waals surface area contributed by atoms with Crippen molar-refractivity contribution in [1.82, 2.24) is 14.8 Å². The van der Waals surface area contributed by atoms with Gasteiger partial charge in [-0.05, 0) is 51.1 Å². The van der Waals surface area contributed by atoms with Crippen LogP contribution in [0.5, 0.6) is 11.5 Å². The van der Waals surface area contributed by atoms with Crippen LogP contribution in [-0.2, 0) is 0 Å². The van der Waals surface area contributed by atoms with E-state index >= 15 is 0 Å². The van der Waals surface area contributed by atoms with Crippen LogP contribution in [0.15, 0.2) is 36.5 Å². The maximum atomic E-state index is 13.9. The molecule has 2 aromatic rings. The number of hydrogen-bond donors (Lipinski definition) is 2. The molecule has 28 heavy (non-hydrogen) atoms. The van der Waals surface area contributed by atoms with Crippen LogP contribution in [0.4, 0.5) is 20.7 Å². The van der Waals surface area contributed by atoms with E-state index < -0.39 is 5.82 Å². The number of benzene rings is 1. The Kier molecular flexibility index (Phi) is 6.30.